The molecule has 5 nitrogen and oxygen atoms in total. The van der Waals surface area contributed by atoms with E-state index in [4.69, 9.17) is 21.1 Å². The SMILES string of the molecule is COC(=O)C1=C(C(=O)OC)[C@@H]2C(C)=C(Cl)[C@H]1CP2(=O)c1c(C(C)C)cc(C(C)C)cc1C(C)C. The Kier molecular flexibility index (Phi) is 7.60. The van der Waals surface area contributed by atoms with Gasteiger partial charge in [-0.25, -0.2) is 9.59 Å². The van der Waals surface area contributed by atoms with Crippen LogP contribution in [0.4, 0.5) is 0 Å². The number of rotatable bonds is 6. The summed E-state index contributed by atoms with van der Waals surface area (Å²) in [4.78, 5) is 25.9. The molecule has 7 heteroatoms. The Balaban J connectivity index is 2.45. The third-order valence-electron chi connectivity index (χ3n) is 7.17. The molecule has 0 aromatic heterocycles. The zero-order valence-corrected chi connectivity index (χ0v) is 23.3. The van der Waals surface area contributed by atoms with Gasteiger partial charge in [0.15, 0.2) is 0 Å². The van der Waals surface area contributed by atoms with Crippen LogP contribution in [0.5, 0.6) is 0 Å². The number of esters is 2. The monoisotopic (exact) mass is 506 g/mol. The molecular weight excluding hydrogens is 471 g/mol. The topological polar surface area (TPSA) is 69.7 Å². The largest absolute Gasteiger partial charge is 0.466 e. The average Bonchev–Trinajstić information content (AvgIpc) is 2.79. The molecule has 4 rings (SSSR count). The molecule has 1 aromatic carbocycles. The first-order valence-corrected chi connectivity index (χ1v) is 14.2. The Hall–Kier alpha value is -1.84. The molecule has 3 aliphatic rings. The Morgan fingerprint density at radius 3 is 1.79 bits per heavy atom. The highest BCUT2D eigenvalue weighted by atomic mass is 35.5. The number of carbonyl (C=O) groups excluding carboxylic acids is 2. The molecule has 2 bridgehead atoms. The van der Waals surface area contributed by atoms with E-state index < -0.39 is 30.7 Å². The lowest BCUT2D eigenvalue weighted by molar-refractivity contribution is -0.139. The first kappa shape index (κ1) is 26.8. The van der Waals surface area contributed by atoms with Crippen LogP contribution in [-0.2, 0) is 23.6 Å². The van der Waals surface area contributed by atoms with Crippen molar-refractivity contribution in [2.24, 2.45) is 5.92 Å². The second kappa shape index (κ2) is 9.66. The van der Waals surface area contributed by atoms with Crippen molar-refractivity contribution in [3.63, 3.8) is 0 Å². The highest BCUT2D eigenvalue weighted by molar-refractivity contribution is 7.73. The summed E-state index contributed by atoms with van der Waals surface area (Å²) in [6.45, 7) is 14.5. The second-order valence-electron chi connectivity index (χ2n) is 10.3. The maximum Gasteiger partial charge on any atom is 0.335 e. The van der Waals surface area contributed by atoms with E-state index in [2.05, 4.69) is 53.7 Å². The lowest BCUT2D eigenvalue weighted by Gasteiger charge is -2.45. The number of hydrogen-bond donors (Lipinski definition) is 0. The molecule has 3 atom stereocenters. The van der Waals surface area contributed by atoms with Gasteiger partial charge in [0.25, 0.3) is 0 Å². The molecule has 0 fully saturated rings. The fourth-order valence-corrected chi connectivity index (χ4v) is 10.4. The molecule has 2 aliphatic heterocycles. The number of methoxy groups -OCH3 is 2. The van der Waals surface area contributed by atoms with Crippen LogP contribution in [0.1, 0.15) is 82.9 Å². The Morgan fingerprint density at radius 2 is 1.38 bits per heavy atom. The van der Waals surface area contributed by atoms with E-state index >= 15 is 4.57 Å². The minimum Gasteiger partial charge on any atom is -0.466 e. The van der Waals surface area contributed by atoms with Crippen LogP contribution in [0.3, 0.4) is 0 Å². The minimum atomic E-state index is -3.27. The summed E-state index contributed by atoms with van der Waals surface area (Å²) in [6, 6.07) is 4.34. The highest BCUT2D eigenvalue weighted by Gasteiger charge is 2.57. The lowest BCUT2D eigenvalue weighted by atomic mass is 9.83. The van der Waals surface area contributed by atoms with E-state index in [0.717, 1.165) is 16.4 Å². The molecule has 186 valence electrons. The summed E-state index contributed by atoms with van der Waals surface area (Å²) in [5.74, 6) is -1.37. The fraction of sp³-hybridized carbons (Fsp3) is 0.556. The molecular formula is C27H36ClO5P. The number of ether oxygens (including phenoxy) is 2. The van der Waals surface area contributed by atoms with Crippen molar-refractivity contribution >= 4 is 36.0 Å². The van der Waals surface area contributed by atoms with E-state index in [1.54, 1.807) is 0 Å². The van der Waals surface area contributed by atoms with Crippen molar-refractivity contribution in [1.82, 2.24) is 0 Å². The van der Waals surface area contributed by atoms with Crippen LogP contribution >= 0.6 is 18.7 Å². The number of allylic oxidation sites excluding steroid dienone is 2. The van der Waals surface area contributed by atoms with Gasteiger partial charge in [-0.15, -0.1) is 0 Å². The third-order valence-corrected chi connectivity index (χ3v) is 11.4. The van der Waals surface area contributed by atoms with Gasteiger partial charge >= 0.3 is 11.9 Å². The standard InChI is InChI=1S/C27H36ClO5P/c1-13(2)17-10-18(14(3)4)25(19(11-17)15(5)6)34(31)12-20-21(26(29)32-8)22(27(30)33-9)24(34)16(7)23(20)28/h10-11,13-15,20,24H,12H2,1-9H3/t20-,24-,34?/m0/s1. The van der Waals surface area contributed by atoms with Crippen molar-refractivity contribution in [1.29, 1.82) is 0 Å². The zero-order chi connectivity index (χ0) is 25.7. The van der Waals surface area contributed by atoms with E-state index in [9.17, 15) is 9.59 Å². The molecule has 1 unspecified atom stereocenters. The third kappa shape index (κ3) is 4.09. The molecule has 1 aromatic rings. The molecule has 0 radical (unpaired) electrons. The zero-order valence-electron chi connectivity index (χ0n) is 21.6. The van der Waals surface area contributed by atoms with E-state index in [0.29, 0.717) is 16.5 Å². The number of carbonyl (C=O) groups is 2. The van der Waals surface area contributed by atoms with Gasteiger partial charge in [-0.05, 0) is 46.9 Å². The molecule has 1 aliphatic carbocycles. The second-order valence-corrected chi connectivity index (χ2v) is 13.6. The molecule has 0 N–H and O–H groups in total. The van der Waals surface area contributed by atoms with Gasteiger partial charge in [-0.2, -0.15) is 0 Å². The first-order chi connectivity index (χ1) is 15.8. The molecule has 0 saturated carbocycles. The number of halogens is 1. The minimum absolute atomic E-state index is 0.128. The van der Waals surface area contributed by atoms with Gasteiger partial charge in [0.05, 0.1) is 31.0 Å². The van der Waals surface area contributed by atoms with Gasteiger partial charge in [-0.1, -0.05) is 65.3 Å². The summed E-state index contributed by atoms with van der Waals surface area (Å²) in [5.41, 5.74) is 3.45. The Morgan fingerprint density at radius 1 is 0.912 bits per heavy atom. The molecule has 0 saturated heterocycles. The van der Waals surface area contributed by atoms with Crippen LogP contribution < -0.4 is 5.30 Å². The average molecular weight is 507 g/mol. The quantitative estimate of drug-likeness (QED) is 0.339. The number of hydrogen-bond acceptors (Lipinski definition) is 5. The van der Waals surface area contributed by atoms with E-state index in [1.807, 2.05) is 6.92 Å². The molecule has 0 spiro atoms. The molecule has 0 amide bonds. The maximum atomic E-state index is 15.3. The fourth-order valence-electron chi connectivity index (χ4n) is 5.42. The maximum absolute atomic E-state index is 15.3. The lowest BCUT2D eigenvalue weighted by Crippen LogP contribution is -2.44. The smallest absolute Gasteiger partial charge is 0.335 e. The Bertz CT molecular complexity index is 1110. The summed E-state index contributed by atoms with van der Waals surface area (Å²) in [6.07, 6.45) is 0.194. The highest BCUT2D eigenvalue weighted by Crippen LogP contribution is 2.67. The van der Waals surface area contributed by atoms with Gasteiger partial charge in [0.2, 0.25) is 0 Å². The summed E-state index contributed by atoms with van der Waals surface area (Å²) < 4.78 is 25.4. The Labute approximate surface area is 208 Å². The van der Waals surface area contributed by atoms with Crippen molar-refractivity contribution in [3.8, 4) is 0 Å². The van der Waals surface area contributed by atoms with Crippen molar-refractivity contribution in [2.45, 2.75) is 71.9 Å². The van der Waals surface area contributed by atoms with Crippen LogP contribution in [0.2, 0.25) is 0 Å². The normalized spacial score (nSPS) is 24.5. The van der Waals surface area contributed by atoms with E-state index in [1.165, 1.54) is 19.8 Å². The van der Waals surface area contributed by atoms with Crippen molar-refractivity contribution < 1.29 is 23.6 Å². The van der Waals surface area contributed by atoms with Gasteiger partial charge < -0.3 is 14.0 Å². The van der Waals surface area contributed by atoms with Crippen LogP contribution in [0.15, 0.2) is 33.9 Å². The summed E-state index contributed by atoms with van der Waals surface area (Å²) >= 11 is 6.72. The number of fused-ring (bicyclic) bond motifs is 1. The van der Waals surface area contributed by atoms with Crippen molar-refractivity contribution in [2.75, 3.05) is 20.4 Å². The van der Waals surface area contributed by atoms with Gasteiger partial charge in [0, 0.05) is 22.4 Å². The predicted octanol–water partition coefficient (Wildman–Crippen LogP) is 6.21. The molecule has 2 heterocycles. The first-order valence-electron chi connectivity index (χ1n) is 11.9. The predicted molar refractivity (Wildman–Crippen MR) is 138 cm³/mol. The molecule has 34 heavy (non-hydrogen) atoms. The van der Waals surface area contributed by atoms with Crippen molar-refractivity contribution in [3.05, 3.63) is 50.6 Å². The van der Waals surface area contributed by atoms with Gasteiger partial charge in [0.1, 0.15) is 7.14 Å². The van der Waals surface area contributed by atoms with E-state index in [-0.39, 0.29) is 29.1 Å². The van der Waals surface area contributed by atoms with Crippen LogP contribution in [-0.4, -0.2) is 38.0 Å². The summed E-state index contributed by atoms with van der Waals surface area (Å²) in [7, 11) is -0.727. The number of benzene rings is 1. The van der Waals surface area contributed by atoms with Gasteiger partial charge in [-0.3, -0.25) is 0 Å². The van der Waals surface area contributed by atoms with Crippen LogP contribution in [0.25, 0.3) is 0 Å². The summed E-state index contributed by atoms with van der Waals surface area (Å²) in [5, 5.41) is 1.31. The van der Waals surface area contributed by atoms with Crippen LogP contribution in [0, 0.1) is 5.92 Å².